The number of benzene rings is 1. The lowest BCUT2D eigenvalue weighted by Crippen LogP contribution is -2.25. The molecule has 3 unspecified atom stereocenters. The van der Waals surface area contributed by atoms with Gasteiger partial charge < -0.3 is 5.32 Å². The van der Waals surface area contributed by atoms with E-state index >= 15 is 0 Å². The molecule has 1 fully saturated rings. The molecule has 3 rings (SSSR count). The SMILES string of the molecule is CC1CCCC(C2C(=O)Nc3ccc([N+](=O)[O-])cc32)C1. The number of nitro groups is 1. The van der Waals surface area contributed by atoms with E-state index in [4.69, 9.17) is 0 Å². The summed E-state index contributed by atoms with van der Waals surface area (Å²) in [6.07, 6.45) is 4.41. The highest BCUT2D eigenvalue weighted by Crippen LogP contribution is 2.45. The average molecular weight is 274 g/mol. The van der Waals surface area contributed by atoms with Crippen LogP contribution in [0.4, 0.5) is 11.4 Å². The van der Waals surface area contributed by atoms with Crippen LogP contribution < -0.4 is 5.32 Å². The van der Waals surface area contributed by atoms with Gasteiger partial charge in [-0.3, -0.25) is 14.9 Å². The van der Waals surface area contributed by atoms with Gasteiger partial charge in [-0.2, -0.15) is 0 Å². The number of anilines is 1. The van der Waals surface area contributed by atoms with Gasteiger partial charge in [0.25, 0.3) is 5.69 Å². The summed E-state index contributed by atoms with van der Waals surface area (Å²) in [7, 11) is 0. The number of non-ortho nitro benzene ring substituents is 1. The van der Waals surface area contributed by atoms with Gasteiger partial charge in [-0.1, -0.05) is 19.8 Å². The zero-order valence-electron chi connectivity index (χ0n) is 11.5. The maximum Gasteiger partial charge on any atom is 0.269 e. The molecule has 0 radical (unpaired) electrons. The highest BCUT2D eigenvalue weighted by molar-refractivity contribution is 6.03. The van der Waals surface area contributed by atoms with Crippen molar-refractivity contribution >= 4 is 17.3 Å². The number of carbonyl (C=O) groups is 1. The van der Waals surface area contributed by atoms with Crippen LogP contribution in [0.2, 0.25) is 0 Å². The molecule has 3 atom stereocenters. The summed E-state index contributed by atoms with van der Waals surface area (Å²) in [5, 5.41) is 13.8. The first-order valence-electron chi connectivity index (χ1n) is 7.15. The number of amides is 1. The standard InChI is InChI=1S/C15H18N2O3/c1-9-3-2-4-10(7-9)14-12-8-11(17(19)20)5-6-13(12)16-15(14)18/h5-6,8-10,14H,2-4,7H2,1H3,(H,16,18). The molecule has 0 aromatic heterocycles. The van der Waals surface area contributed by atoms with Crippen LogP contribution in [0.15, 0.2) is 18.2 Å². The van der Waals surface area contributed by atoms with E-state index in [9.17, 15) is 14.9 Å². The molecular formula is C15H18N2O3. The fraction of sp³-hybridized carbons (Fsp3) is 0.533. The van der Waals surface area contributed by atoms with Crippen molar-refractivity contribution in [3.63, 3.8) is 0 Å². The normalized spacial score (nSPS) is 28.9. The number of fused-ring (bicyclic) bond motifs is 1. The first-order chi connectivity index (χ1) is 9.56. The fourth-order valence-corrected chi connectivity index (χ4v) is 3.64. The number of nitrogens with one attached hydrogen (secondary N) is 1. The molecular weight excluding hydrogens is 256 g/mol. The van der Waals surface area contributed by atoms with Crippen molar-refractivity contribution < 1.29 is 9.72 Å². The largest absolute Gasteiger partial charge is 0.325 e. The van der Waals surface area contributed by atoms with Crippen LogP contribution in [0.3, 0.4) is 0 Å². The third kappa shape index (κ3) is 2.17. The minimum Gasteiger partial charge on any atom is -0.325 e. The zero-order chi connectivity index (χ0) is 14.3. The summed E-state index contributed by atoms with van der Waals surface area (Å²) in [5.41, 5.74) is 1.61. The molecule has 5 nitrogen and oxygen atoms in total. The first-order valence-corrected chi connectivity index (χ1v) is 7.15. The Morgan fingerprint density at radius 3 is 2.85 bits per heavy atom. The topological polar surface area (TPSA) is 72.2 Å². The van der Waals surface area contributed by atoms with E-state index in [1.165, 1.54) is 12.5 Å². The summed E-state index contributed by atoms with van der Waals surface area (Å²) in [6.45, 7) is 2.22. The van der Waals surface area contributed by atoms with Crippen molar-refractivity contribution in [3.8, 4) is 0 Å². The molecule has 0 bridgehead atoms. The number of nitrogens with zero attached hydrogens (tertiary/aromatic N) is 1. The minimum atomic E-state index is -0.399. The van der Waals surface area contributed by atoms with Crippen molar-refractivity contribution in [1.29, 1.82) is 0 Å². The van der Waals surface area contributed by atoms with Gasteiger partial charge in [0.05, 0.1) is 10.8 Å². The maximum atomic E-state index is 12.2. The van der Waals surface area contributed by atoms with Crippen molar-refractivity contribution in [2.24, 2.45) is 11.8 Å². The molecule has 1 aromatic rings. The van der Waals surface area contributed by atoms with Gasteiger partial charge in [0.15, 0.2) is 0 Å². The predicted octanol–water partition coefficient (Wildman–Crippen LogP) is 3.46. The van der Waals surface area contributed by atoms with Gasteiger partial charge in [-0.25, -0.2) is 0 Å². The number of nitro benzene ring substituents is 1. The van der Waals surface area contributed by atoms with Gasteiger partial charge in [0.2, 0.25) is 5.91 Å². The smallest absolute Gasteiger partial charge is 0.269 e. The van der Waals surface area contributed by atoms with Gasteiger partial charge in [0, 0.05) is 17.8 Å². The molecule has 1 amide bonds. The summed E-state index contributed by atoms with van der Waals surface area (Å²) in [5.74, 6) is 0.721. The third-order valence-electron chi connectivity index (χ3n) is 4.57. The van der Waals surface area contributed by atoms with E-state index in [2.05, 4.69) is 12.2 Å². The molecule has 1 saturated carbocycles. The average Bonchev–Trinajstić information content (AvgIpc) is 2.73. The molecule has 2 aliphatic rings. The summed E-state index contributed by atoms with van der Waals surface area (Å²) >= 11 is 0. The Labute approximate surface area is 117 Å². The van der Waals surface area contributed by atoms with Crippen molar-refractivity contribution in [2.45, 2.75) is 38.5 Å². The lowest BCUT2D eigenvalue weighted by atomic mass is 9.74. The first kappa shape index (κ1) is 13.1. The van der Waals surface area contributed by atoms with Crippen molar-refractivity contribution in [3.05, 3.63) is 33.9 Å². The second-order valence-corrected chi connectivity index (χ2v) is 6.03. The minimum absolute atomic E-state index is 0.000372. The molecule has 1 aliphatic heterocycles. The van der Waals surface area contributed by atoms with Crippen LogP contribution in [0, 0.1) is 22.0 Å². The van der Waals surface area contributed by atoms with Gasteiger partial charge >= 0.3 is 0 Å². The highest BCUT2D eigenvalue weighted by Gasteiger charge is 2.39. The van der Waals surface area contributed by atoms with Gasteiger partial charge in [0.1, 0.15) is 0 Å². The van der Waals surface area contributed by atoms with Crippen LogP contribution in [-0.2, 0) is 4.79 Å². The molecule has 0 spiro atoms. The van der Waals surface area contributed by atoms with Gasteiger partial charge in [-0.05, 0) is 36.3 Å². The Balaban J connectivity index is 1.95. The maximum absolute atomic E-state index is 12.2. The lowest BCUT2D eigenvalue weighted by molar-refractivity contribution is -0.384. The monoisotopic (exact) mass is 274 g/mol. The second-order valence-electron chi connectivity index (χ2n) is 6.03. The predicted molar refractivity (Wildman–Crippen MR) is 75.6 cm³/mol. The molecule has 1 aliphatic carbocycles. The zero-order valence-corrected chi connectivity index (χ0v) is 11.5. The van der Waals surface area contributed by atoms with E-state index in [-0.39, 0.29) is 17.5 Å². The summed E-state index contributed by atoms with van der Waals surface area (Å²) in [6, 6.07) is 4.67. The molecule has 1 aromatic carbocycles. The van der Waals surface area contributed by atoms with Crippen LogP contribution in [0.25, 0.3) is 0 Å². The lowest BCUT2D eigenvalue weighted by Gasteiger charge is -2.30. The Kier molecular flexibility index (Phi) is 3.20. The van der Waals surface area contributed by atoms with E-state index in [1.807, 2.05) is 0 Å². The number of hydrogen-bond acceptors (Lipinski definition) is 3. The van der Waals surface area contributed by atoms with E-state index < -0.39 is 4.92 Å². The molecule has 106 valence electrons. The van der Waals surface area contributed by atoms with Crippen molar-refractivity contribution in [2.75, 3.05) is 5.32 Å². The van der Waals surface area contributed by atoms with E-state index in [1.54, 1.807) is 12.1 Å². The molecule has 20 heavy (non-hydrogen) atoms. The molecule has 0 saturated heterocycles. The second kappa shape index (κ2) is 4.89. The van der Waals surface area contributed by atoms with Crippen LogP contribution in [0.1, 0.15) is 44.1 Å². The third-order valence-corrected chi connectivity index (χ3v) is 4.57. The Morgan fingerprint density at radius 1 is 1.35 bits per heavy atom. The van der Waals surface area contributed by atoms with Crippen LogP contribution in [-0.4, -0.2) is 10.8 Å². The highest BCUT2D eigenvalue weighted by atomic mass is 16.6. The fourth-order valence-electron chi connectivity index (χ4n) is 3.64. The molecule has 5 heteroatoms. The van der Waals surface area contributed by atoms with Gasteiger partial charge in [-0.15, -0.1) is 0 Å². The van der Waals surface area contributed by atoms with E-state index in [0.29, 0.717) is 11.8 Å². The van der Waals surface area contributed by atoms with Crippen LogP contribution in [0.5, 0.6) is 0 Å². The van der Waals surface area contributed by atoms with Crippen LogP contribution >= 0.6 is 0 Å². The van der Waals surface area contributed by atoms with E-state index in [0.717, 1.165) is 30.5 Å². The number of hydrogen-bond donors (Lipinski definition) is 1. The summed E-state index contributed by atoms with van der Waals surface area (Å²) in [4.78, 5) is 22.8. The Morgan fingerprint density at radius 2 is 2.15 bits per heavy atom. The Hall–Kier alpha value is -1.91. The Bertz CT molecular complexity index is 570. The molecule has 1 N–H and O–H groups in total. The summed E-state index contributed by atoms with van der Waals surface area (Å²) < 4.78 is 0. The number of rotatable bonds is 2. The molecule has 1 heterocycles. The van der Waals surface area contributed by atoms with Crippen molar-refractivity contribution in [1.82, 2.24) is 0 Å². The quantitative estimate of drug-likeness (QED) is 0.663. The number of carbonyl (C=O) groups excluding carboxylic acids is 1.